The van der Waals surface area contributed by atoms with Gasteiger partial charge in [0, 0.05) is 13.1 Å². The van der Waals surface area contributed by atoms with E-state index in [1.54, 1.807) is 0 Å². The fourth-order valence-electron chi connectivity index (χ4n) is 1.32. The van der Waals surface area contributed by atoms with Crippen LogP contribution in [-0.2, 0) is 4.79 Å². The quantitative estimate of drug-likeness (QED) is 0.653. The third kappa shape index (κ3) is 5.33. The van der Waals surface area contributed by atoms with Crippen LogP contribution in [0.4, 0.5) is 5.82 Å². The van der Waals surface area contributed by atoms with Gasteiger partial charge in [-0.15, -0.1) is 0 Å². The highest BCUT2D eigenvalue weighted by atomic mass is 16.2. The van der Waals surface area contributed by atoms with Crippen LogP contribution in [0.2, 0.25) is 0 Å². The lowest BCUT2D eigenvalue weighted by Gasteiger charge is -2.06. The van der Waals surface area contributed by atoms with Crippen LogP contribution in [0.5, 0.6) is 0 Å². The summed E-state index contributed by atoms with van der Waals surface area (Å²) in [5.41, 5.74) is 0.182. The maximum absolute atomic E-state index is 11.8. The Balaban J connectivity index is 2.49. The van der Waals surface area contributed by atoms with E-state index in [2.05, 4.69) is 25.9 Å². The number of carbonyl (C=O) groups excluding carboxylic acids is 2. The topological polar surface area (TPSA) is 96.0 Å². The Morgan fingerprint density at radius 2 is 2.00 bits per heavy atom. The molecular formula is C12H19N5O2. The van der Waals surface area contributed by atoms with Crippen LogP contribution in [0, 0.1) is 0 Å². The molecule has 7 nitrogen and oxygen atoms in total. The lowest BCUT2D eigenvalue weighted by atomic mass is 10.4. The van der Waals surface area contributed by atoms with Gasteiger partial charge >= 0.3 is 0 Å². The second-order valence-electron chi connectivity index (χ2n) is 3.85. The predicted octanol–water partition coefficient (Wildman–Crippen LogP) is 0.164. The molecule has 104 valence electrons. The van der Waals surface area contributed by atoms with Crippen LogP contribution in [0.1, 0.15) is 30.8 Å². The second kappa shape index (κ2) is 8.02. The number of hydrogen-bond donors (Lipinski definition) is 3. The van der Waals surface area contributed by atoms with Crippen LogP contribution < -0.4 is 16.0 Å². The van der Waals surface area contributed by atoms with Gasteiger partial charge in [0.25, 0.3) is 5.91 Å². The van der Waals surface area contributed by atoms with E-state index in [1.807, 2.05) is 13.8 Å². The Bertz CT molecular complexity index is 436. The number of anilines is 1. The molecule has 0 fully saturated rings. The number of carbonyl (C=O) groups is 2. The molecule has 2 amide bonds. The summed E-state index contributed by atoms with van der Waals surface area (Å²) in [6, 6.07) is 0. The molecule has 0 aliphatic rings. The predicted molar refractivity (Wildman–Crippen MR) is 71.8 cm³/mol. The molecule has 0 aliphatic heterocycles. The molecule has 7 heteroatoms. The first-order valence-corrected chi connectivity index (χ1v) is 6.28. The number of nitrogens with one attached hydrogen (secondary N) is 3. The number of aromatic nitrogens is 2. The van der Waals surface area contributed by atoms with Crippen LogP contribution in [-0.4, -0.2) is 41.4 Å². The molecule has 0 spiro atoms. The lowest BCUT2D eigenvalue weighted by Crippen LogP contribution is -2.37. The summed E-state index contributed by atoms with van der Waals surface area (Å²) in [5, 5.41) is 8.13. The Morgan fingerprint density at radius 1 is 1.21 bits per heavy atom. The van der Waals surface area contributed by atoms with Crippen molar-refractivity contribution in [2.75, 3.05) is 25.0 Å². The normalized spacial score (nSPS) is 9.79. The van der Waals surface area contributed by atoms with Gasteiger partial charge in [0.05, 0.1) is 18.9 Å². The highest BCUT2D eigenvalue weighted by Gasteiger charge is 2.10. The maximum Gasteiger partial charge on any atom is 0.272 e. The van der Waals surface area contributed by atoms with Crippen molar-refractivity contribution in [2.24, 2.45) is 0 Å². The fraction of sp³-hybridized carbons (Fsp3) is 0.500. The van der Waals surface area contributed by atoms with E-state index in [9.17, 15) is 9.59 Å². The second-order valence-corrected chi connectivity index (χ2v) is 3.85. The van der Waals surface area contributed by atoms with E-state index in [4.69, 9.17) is 0 Å². The van der Waals surface area contributed by atoms with Gasteiger partial charge in [-0.3, -0.25) is 14.6 Å². The van der Waals surface area contributed by atoms with Gasteiger partial charge in [-0.2, -0.15) is 0 Å². The summed E-state index contributed by atoms with van der Waals surface area (Å²) >= 11 is 0. The minimum Gasteiger partial charge on any atom is -0.369 e. The molecule has 0 unspecified atom stereocenters. The molecular weight excluding hydrogens is 246 g/mol. The first-order chi connectivity index (χ1) is 9.17. The van der Waals surface area contributed by atoms with Crippen LogP contribution in [0.3, 0.4) is 0 Å². The molecule has 19 heavy (non-hydrogen) atoms. The molecule has 0 bridgehead atoms. The molecule has 0 atom stereocenters. The van der Waals surface area contributed by atoms with E-state index in [-0.39, 0.29) is 18.1 Å². The summed E-state index contributed by atoms with van der Waals surface area (Å²) in [4.78, 5) is 31.1. The molecule has 0 saturated carbocycles. The van der Waals surface area contributed by atoms with Crippen molar-refractivity contribution >= 4 is 17.6 Å². The monoisotopic (exact) mass is 265 g/mol. The highest BCUT2D eigenvalue weighted by molar-refractivity contribution is 5.94. The van der Waals surface area contributed by atoms with Crippen LogP contribution in [0.15, 0.2) is 12.4 Å². The maximum atomic E-state index is 11.8. The Labute approximate surface area is 112 Å². The Hall–Kier alpha value is -2.18. The van der Waals surface area contributed by atoms with Gasteiger partial charge in [-0.25, -0.2) is 4.98 Å². The number of hydrogen-bond acceptors (Lipinski definition) is 5. The Kier molecular flexibility index (Phi) is 6.28. The standard InChI is InChI=1S/C12H19N5O2/c1-3-5-15-11(18)8-16-12(19)9-6-13-7-10(17-9)14-4-2/h6-7H,3-5,8H2,1-2H3,(H,14,17)(H,15,18)(H,16,19). The first-order valence-electron chi connectivity index (χ1n) is 6.28. The van der Waals surface area contributed by atoms with Gasteiger partial charge < -0.3 is 16.0 Å². The van der Waals surface area contributed by atoms with Gasteiger partial charge in [-0.1, -0.05) is 6.92 Å². The molecule has 1 aromatic rings. The smallest absolute Gasteiger partial charge is 0.272 e. The first kappa shape index (κ1) is 14.9. The Morgan fingerprint density at radius 3 is 2.68 bits per heavy atom. The molecule has 1 aromatic heterocycles. The van der Waals surface area contributed by atoms with Gasteiger partial charge in [0.2, 0.25) is 5.91 Å². The molecule has 0 aliphatic carbocycles. The zero-order valence-electron chi connectivity index (χ0n) is 11.2. The molecule has 0 saturated heterocycles. The van der Waals surface area contributed by atoms with E-state index >= 15 is 0 Å². The third-order valence-electron chi connectivity index (χ3n) is 2.21. The average molecular weight is 265 g/mol. The van der Waals surface area contributed by atoms with Crippen LogP contribution in [0.25, 0.3) is 0 Å². The average Bonchev–Trinajstić information content (AvgIpc) is 2.43. The molecule has 0 radical (unpaired) electrons. The number of amides is 2. The molecule has 0 aromatic carbocycles. The van der Waals surface area contributed by atoms with Crippen molar-refractivity contribution in [3.05, 3.63) is 18.1 Å². The van der Waals surface area contributed by atoms with E-state index in [0.717, 1.165) is 6.42 Å². The summed E-state index contributed by atoms with van der Waals surface area (Å²) in [7, 11) is 0. The van der Waals surface area contributed by atoms with Crippen molar-refractivity contribution < 1.29 is 9.59 Å². The fourth-order valence-corrected chi connectivity index (χ4v) is 1.32. The minimum absolute atomic E-state index is 0.0635. The zero-order valence-corrected chi connectivity index (χ0v) is 11.2. The van der Waals surface area contributed by atoms with Crippen LogP contribution >= 0.6 is 0 Å². The zero-order chi connectivity index (χ0) is 14.1. The van der Waals surface area contributed by atoms with Gasteiger partial charge in [-0.05, 0) is 13.3 Å². The third-order valence-corrected chi connectivity index (χ3v) is 2.21. The lowest BCUT2D eigenvalue weighted by molar-refractivity contribution is -0.120. The van der Waals surface area contributed by atoms with Crippen molar-refractivity contribution in [1.82, 2.24) is 20.6 Å². The molecule has 1 rings (SSSR count). The van der Waals surface area contributed by atoms with Crippen molar-refractivity contribution in [1.29, 1.82) is 0 Å². The number of nitrogens with zero attached hydrogens (tertiary/aromatic N) is 2. The molecule has 1 heterocycles. The number of rotatable bonds is 7. The van der Waals surface area contributed by atoms with Crippen molar-refractivity contribution in [3.63, 3.8) is 0 Å². The summed E-state index contributed by atoms with van der Waals surface area (Å²) in [5.74, 6) is -0.101. The summed E-state index contributed by atoms with van der Waals surface area (Å²) < 4.78 is 0. The van der Waals surface area contributed by atoms with Crippen molar-refractivity contribution in [2.45, 2.75) is 20.3 Å². The van der Waals surface area contributed by atoms with Gasteiger partial charge in [0.1, 0.15) is 11.5 Å². The van der Waals surface area contributed by atoms with E-state index < -0.39 is 5.91 Å². The largest absolute Gasteiger partial charge is 0.369 e. The van der Waals surface area contributed by atoms with Crippen molar-refractivity contribution in [3.8, 4) is 0 Å². The summed E-state index contributed by atoms with van der Waals surface area (Å²) in [6.45, 7) is 5.11. The SMILES string of the molecule is CCCNC(=O)CNC(=O)c1cncc(NCC)n1. The highest BCUT2D eigenvalue weighted by Crippen LogP contribution is 2.01. The van der Waals surface area contributed by atoms with E-state index in [0.29, 0.717) is 18.9 Å². The van der Waals surface area contributed by atoms with Gasteiger partial charge in [0.15, 0.2) is 0 Å². The van der Waals surface area contributed by atoms with E-state index in [1.165, 1.54) is 12.4 Å². The minimum atomic E-state index is -0.418. The molecule has 3 N–H and O–H groups in total. The summed E-state index contributed by atoms with van der Waals surface area (Å²) in [6.07, 6.45) is 3.75.